The predicted molar refractivity (Wildman–Crippen MR) is 71.8 cm³/mol. The number of hydrogen-bond donors (Lipinski definition) is 0. The van der Waals surface area contributed by atoms with E-state index in [2.05, 4.69) is 48.8 Å². The summed E-state index contributed by atoms with van der Waals surface area (Å²) in [5, 5.41) is 0. The summed E-state index contributed by atoms with van der Waals surface area (Å²) in [5.41, 5.74) is 2.33. The zero-order valence-electron chi connectivity index (χ0n) is 10.4. The average molecular weight is 283 g/mol. The molecule has 0 saturated carbocycles. The van der Waals surface area contributed by atoms with Crippen LogP contribution in [0.4, 0.5) is 0 Å². The fraction of sp³-hybridized carbons (Fsp3) is 0.500. The minimum atomic E-state index is 0.0387. The molecule has 1 unspecified atom stereocenters. The van der Waals surface area contributed by atoms with Crippen molar-refractivity contribution in [2.45, 2.75) is 40.0 Å². The lowest BCUT2D eigenvalue weighted by molar-refractivity contribution is -0.121. The second-order valence-electron chi connectivity index (χ2n) is 4.55. The van der Waals surface area contributed by atoms with Gasteiger partial charge in [0, 0.05) is 16.8 Å². The standard InChI is InChI=1S/C14H19BrO/c1-5-13(16)14(9(2)3)11-6-7-12(15)10(4)8-11/h6-9,14H,5H2,1-4H3. The Labute approximate surface area is 106 Å². The molecule has 0 radical (unpaired) electrons. The summed E-state index contributed by atoms with van der Waals surface area (Å²) in [6.45, 7) is 8.20. The molecule has 0 aliphatic heterocycles. The lowest BCUT2D eigenvalue weighted by atomic mass is 9.83. The third-order valence-electron chi connectivity index (χ3n) is 2.90. The summed E-state index contributed by atoms with van der Waals surface area (Å²) < 4.78 is 1.10. The highest BCUT2D eigenvalue weighted by molar-refractivity contribution is 9.10. The predicted octanol–water partition coefficient (Wildman–Crippen LogP) is 4.48. The second-order valence-corrected chi connectivity index (χ2v) is 5.40. The first-order valence-electron chi connectivity index (χ1n) is 5.76. The summed E-state index contributed by atoms with van der Waals surface area (Å²) in [5.74, 6) is 0.724. The molecule has 0 saturated heterocycles. The minimum Gasteiger partial charge on any atom is -0.299 e. The quantitative estimate of drug-likeness (QED) is 0.796. The number of benzene rings is 1. The Morgan fingerprint density at radius 3 is 2.44 bits per heavy atom. The highest BCUT2D eigenvalue weighted by atomic mass is 79.9. The van der Waals surface area contributed by atoms with Crippen molar-refractivity contribution in [3.63, 3.8) is 0 Å². The lowest BCUT2D eigenvalue weighted by Gasteiger charge is -2.20. The van der Waals surface area contributed by atoms with E-state index in [0.29, 0.717) is 18.1 Å². The molecular weight excluding hydrogens is 264 g/mol. The molecule has 0 bridgehead atoms. The van der Waals surface area contributed by atoms with Crippen LogP contribution in [0.2, 0.25) is 0 Å². The van der Waals surface area contributed by atoms with Crippen molar-refractivity contribution >= 4 is 21.7 Å². The van der Waals surface area contributed by atoms with Crippen molar-refractivity contribution in [3.8, 4) is 0 Å². The smallest absolute Gasteiger partial charge is 0.140 e. The van der Waals surface area contributed by atoms with Crippen LogP contribution in [0.3, 0.4) is 0 Å². The highest BCUT2D eigenvalue weighted by Crippen LogP contribution is 2.29. The molecule has 2 heteroatoms. The fourth-order valence-corrected chi connectivity index (χ4v) is 2.27. The molecule has 1 aromatic rings. The van der Waals surface area contributed by atoms with Gasteiger partial charge >= 0.3 is 0 Å². The van der Waals surface area contributed by atoms with Gasteiger partial charge in [0.15, 0.2) is 0 Å². The number of carbonyl (C=O) groups is 1. The van der Waals surface area contributed by atoms with Gasteiger partial charge in [0.05, 0.1) is 0 Å². The van der Waals surface area contributed by atoms with Crippen LogP contribution < -0.4 is 0 Å². The number of halogens is 1. The molecular formula is C14H19BrO. The maximum Gasteiger partial charge on any atom is 0.140 e. The van der Waals surface area contributed by atoms with E-state index in [1.54, 1.807) is 0 Å². The van der Waals surface area contributed by atoms with Crippen LogP contribution in [-0.2, 0) is 4.79 Å². The van der Waals surface area contributed by atoms with Gasteiger partial charge in [-0.25, -0.2) is 0 Å². The van der Waals surface area contributed by atoms with Crippen molar-refractivity contribution in [1.29, 1.82) is 0 Å². The van der Waals surface area contributed by atoms with Gasteiger partial charge in [-0.05, 0) is 30.0 Å². The number of rotatable bonds is 4. The number of carbonyl (C=O) groups excluding carboxylic acids is 1. The monoisotopic (exact) mass is 282 g/mol. The average Bonchev–Trinajstić information content (AvgIpc) is 2.22. The zero-order chi connectivity index (χ0) is 12.3. The molecule has 0 N–H and O–H groups in total. The third-order valence-corrected chi connectivity index (χ3v) is 3.79. The molecule has 1 atom stereocenters. The van der Waals surface area contributed by atoms with E-state index in [9.17, 15) is 4.79 Å². The molecule has 16 heavy (non-hydrogen) atoms. The maximum absolute atomic E-state index is 11.9. The zero-order valence-corrected chi connectivity index (χ0v) is 12.0. The van der Waals surface area contributed by atoms with E-state index < -0.39 is 0 Å². The molecule has 0 aliphatic rings. The van der Waals surface area contributed by atoms with Crippen LogP contribution in [0.25, 0.3) is 0 Å². The first-order valence-corrected chi connectivity index (χ1v) is 6.55. The van der Waals surface area contributed by atoms with Gasteiger partial charge in [-0.2, -0.15) is 0 Å². The highest BCUT2D eigenvalue weighted by Gasteiger charge is 2.22. The van der Waals surface area contributed by atoms with Gasteiger partial charge < -0.3 is 0 Å². The Hall–Kier alpha value is -0.630. The first kappa shape index (κ1) is 13.4. The number of ketones is 1. The largest absolute Gasteiger partial charge is 0.299 e. The Morgan fingerprint density at radius 2 is 2.00 bits per heavy atom. The van der Waals surface area contributed by atoms with Gasteiger partial charge in [0.1, 0.15) is 5.78 Å². The van der Waals surface area contributed by atoms with Crippen molar-refractivity contribution in [3.05, 3.63) is 33.8 Å². The van der Waals surface area contributed by atoms with Crippen molar-refractivity contribution < 1.29 is 4.79 Å². The van der Waals surface area contributed by atoms with Crippen LogP contribution in [0, 0.1) is 12.8 Å². The van der Waals surface area contributed by atoms with E-state index >= 15 is 0 Å². The van der Waals surface area contributed by atoms with Crippen molar-refractivity contribution in [1.82, 2.24) is 0 Å². The first-order chi connectivity index (χ1) is 7.47. The van der Waals surface area contributed by atoms with Gasteiger partial charge in [-0.15, -0.1) is 0 Å². The van der Waals surface area contributed by atoms with Gasteiger partial charge in [0.2, 0.25) is 0 Å². The third kappa shape index (κ3) is 2.94. The van der Waals surface area contributed by atoms with Crippen LogP contribution >= 0.6 is 15.9 Å². The molecule has 0 spiro atoms. The summed E-state index contributed by atoms with van der Waals surface area (Å²) in [4.78, 5) is 11.9. The molecule has 0 heterocycles. The number of Topliss-reactive ketones (excluding diaryl/α,β-unsaturated/α-hetero) is 1. The van der Waals surface area contributed by atoms with Crippen molar-refractivity contribution in [2.24, 2.45) is 5.92 Å². The van der Waals surface area contributed by atoms with Crippen LogP contribution in [0.1, 0.15) is 44.2 Å². The number of aryl methyl sites for hydroxylation is 1. The van der Waals surface area contributed by atoms with Gasteiger partial charge in [-0.3, -0.25) is 4.79 Å². The van der Waals surface area contributed by atoms with Gasteiger partial charge in [0.25, 0.3) is 0 Å². The SMILES string of the molecule is CCC(=O)C(c1ccc(Br)c(C)c1)C(C)C. The molecule has 1 aromatic carbocycles. The Kier molecular flexibility index (Phi) is 4.72. The summed E-state index contributed by atoms with van der Waals surface area (Å²) >= 11 is 3.48. The Balaban J connectivity index is 3.11. The van der Waals surface area contributed by atoms with Crippen LogP contribution in [0.5, 0.6) is 0 Å². The fourth-order valence-electron chi connectivity index (χ4n) is 2.02. The lowest BCUT2D eigenvalue weighted by Crippen LogP contribution is -2.17. The van der Waals surface area contributed by atoms with Gasteiger partial charge in [-0.1, -0.05) is 48.8 Å². The van der Waals surface area contributed by atoms with E-state index in [1.165, 1.54) is 5.56 Å². The van der Waals surface area contributed by atoms with Crippen LogP contribution in [-0.4, -0.2) is 5.78 Å². The minimum absolute atomic E-state index is 0.0387. The Morgan fingerprint density at radius 1 is 1.38 bits per heavy atom. The summed E-state index contributed by atoms with van der Waals surface area (Å²) in [6.07, 6.45) is 0.609. The molecule has 1 rings (SSSR count). The topological polar surface area (TPSA) is 17.1 Å². The Bertz CT molecular complexity index is 382. The maximum atomic E-state index is 11.9. The van der Waals surface area contributed by atoms with E-state index in [1.807, 2.05) is 13.0 Å². The van der Waals surface area contributed by atoms with Crippen molar-refractivity contribution in [2.75, 3.05) is 0 Å². The molecule has 88 valence electrons. The normalized spacial score (nSPS) is 12.9. The van der Waals surface area contributed by atoms with E-state index in [4.69, 9.17) is 0 Å². The summed E-state index contributed by atoms with van der Waals surface area (Å²) in [6, 6.07) is 6.20. The van der Waals surface area contributed by atoms with E-state index in [-0.39, 0.29) is 5.92 Å². The molecule has 1 nitrogen and oxygen atoms in total. The molecule has 0 aliphatic carbocycles. The number of hydrogen-bond acceptors (Lipinski definition) is 1. The molecule has 0 amide bonds. The molecule has 0 aromatic heterocycles. The van der Waals surface area contributed by atoms with E-state index in [0.717, 1.165) is 10.0 Å². The van der Waals surface area contributed by atoms with Crippen LogP contribution in [0.15, 0.2) is 22.7 Å². The summed E-state index contributed by atoms with van der Waals surface area (Å²) in [7, 11) is 0. The molecule has 0 fully saturated rings. The second kappa shape index (κ2) is 5.62.